The molecular weight excluding hydrogens is 448 g/mol. The largest absolute Gasteiger partial charge is 0.345 e. The third-order valence-electron chi connectivity index (χ3n) is 5.55. The Balaban J connectivity index is 1.88. The van der Waals surface area contributed by atoms with Crippen molar-refractivity contribution in [2.45, 2.75) is 31.7 Å². The molecule has 1 N–H and O–H groups in total. The average molecular weight is 479 g/mol. The summed E-state index contributed by atoms with van der Waals surface area (Å²) in [5.41, 5.74) is 1.88. The maximum Gasteiger partial charge on any atom is 0.256 e. The van der Waals surface area contributed by atoms with Crippen LogP contribution in [0.5, 0.6) is 0 Å². The lowest BCUT2D eigenvalue weighted by Crippen LogP contribution is -2.30. The van der Waals surface area contributed by atoms with Gasteiger partial charge in [-0.25, -0.2) is 8.42 Å². The van der Waals surface area contributed by atoms with Gasteiger partial charge in [-0.05, 0) is 43.3 Å². The van der Waals surface area contributed by atoms with Crippen LogP contribution in [0.4, 0.5) is 5.00 Å². The van der Waals surface area contributed by atoms with Gasteiger partial charge >= 0.3 is 0 Å². The van der Waals surface area contributed by atoms with E-state index in [0.29, 0.717) is 29.2 Å². The van der Waals surface area contributed by atoms with Gasteiger partial charge in [-0.2, -0.15) is 4.31 Å². The number of hydrogen-bond donors (Lipinski definition) is 1. The van der Waals surface area contributed by atoms with E-state index < -0.39 is 10.0 Å². The van der Waals surface area contributed by atoms with E-state index in [2.05, 4.69) is 10.2 Å². The molecule has 3 rings (SSSR count). The van der Waals surface area contributed by atoms with Crippen molar-refractivity contribution in [2.24, 2.45) is 0 Å². The van der Waals surface area contributed by atoms with E-state index in [4.69, 9.17) is 0 Å². The van der Waals surface area contributed by atoms with Crippen molar-refractivity contribution >= 4 is 38.2 Å². The number of carbonyl (C=O) groups is 2. The highest BCUT2D eigenvalue weighted by Gasteiger charge is 2.29. The lowest BCUT2D eigenvalue weighted by atomic mass is 10.0. The number of carbonyl (C=O) groups excluding carboxylic acids is 2. The zero-order chi connectivity index (χ0) is 23.6. The molecule has 0 aliphatic carbocycles. The first-order valence-corrected chi connectivity index (χ1v) is 12.8. The Morgan fingerprint density at radius 1 is 1.12 bits per heavy atom. The van der Waals surface area contributed by atoms with E-state index in [1.54, 1.807) is 27.9 Å². The van der Waals surface area contributed by atoms with Crippen molar-refractivity contribution < 1.29 is 18.0 Å². The second-order valence-electron chi connectivity index (χ2n) is 7.96. The van der Waals surface area contributed by atoms with Crippen molar-refractivity contribution in [3.8, 4) is 0 Å². The van der Waals surface area contributed by atoms with Crippen LogP contribution in [0.3, 0.4) is 0 Å². The van der Waals surface area contributed by atoms with Gasteiger partial charge in [0.15, 0.2) is 0 Å². The normalized spacial score (nSPS) is 14.3. The Labute approximate surface area is 193 Å². The first-order chi connectivity index (χ1) is 15.1. The Kier molecular flexibility index (Phi) is 7.39. The van der Waals surface area contributed by atoms with Crippen LogP contribution in [0.15, 0.2) is 29.2 Å². The maximum absolute atomic E-state index is 12.9. The summed E-state index contributed by atoms with van der Waals surface area (Å²) < 4.78 is 26.7. The summed E-state index contributed by atoms with van der Waals surface area (Å²) >= 11 is 1.43. The third kappa shape index (κ3) is 4.73. The van der Waals surface area contributed by atoms with Crippen LogP contribution in [-0.2, 0) is 23.0 Å². The number of likely N-dealkylation sites (N-methyl/N-ethyl adjacent to an activating group) is 1. The van der Waals surface area contributed by atoms with Gasteiger partial charge in [0.25, 0.3) is 11.8 Å². The van der Waals surface area contributed by atoms with E-state index in [9.17, 15) is 18.0 Å². The summed E-state index contributed by atoms with van der Waals surface area (Å²) in [4.78, 5) is 30.7. The Hall–Kier alpha value is -2.27. The highest BCUT2D eigenvalue weighted by molar-refractivity contribution is 7.89. The zero-order valence-electron chi connectivity index (χ0n) is 19.1. The molecule has 2 aromatic rings. The van der Waals surface area contributed by atoms with E-state index in [1.165, 1.54) is 44.8 Å². The van der Waals surface area contributed by atoms with Crippen LogP contribution in [-0.4, -0.2) is 75.1 Å². The molecule has 32 heavy (non-hydrogen) atoms. The van der Waals surface area contributed by atoms with Gasteiger partial charge < -0.3 is 15.1 Å². The Morgan fingerprint density at radius 2 is 1.75 bits per heavy atom. The minimum atomic E-state index is -3.59. The fourth-order valence-electron chi connectivity index (χ4n) is 3.74. The van der Waals surface area contributed by atoms with E-state index >= 15 is 0 Å². The fourth-order valence-corrected chi connectivity index (χ4v) is 6.51. The smallest absolute Gasteiger partial charge is 0.256 e. The molecule has 1 aromatic carbocycles. The first kappa shape index (κ1) is 24.4. The number of fused-ring (bicyclic) bond motifs is 1. The van der Waals surface area contributed by atoms with E-state index in [1.807, 2.05) is 7.05 Å². The van der Waals surface area contributed by atoms with Gasteiger partial charge in [0, 0.05) is 50.7 Å². The molecule has 1 aromatic heterocycles. The molecule has 0 bridgehead atoms. The number of nitrogens with one attached hydrogen (secondary N) is 1. The molecule has 0 radical (unpaired) electrons. The fraction of sp³-hybridized carbons (Fsp3) is 0.455. The predicted octanol–water partition coefficient (Wildman–Crippen LogP) is 2.72. The highest BCUT2D eigenvalue weighted by atomic mass is 32.2. The monoisotopic (exact) mass is 478 g/mol. The molecule has 0 unspecified atom stereocenters. The summed E-state index contributed by atoms with van der Waals surface area (Å²) in [5, 5.41) is 3.43. The number of rotatable bonds is 7. The number of thiophene rings is 1. The molecular formula is C22H30N4O4S2. The molecule has 0 saturated carbocycles. The number of anilines is 1. The van der Waals surface area contributed by atoms with Crippen LogP contribution in [0.25, 0.3) is 0 Å². The predicted molar refractivity (Wildman–Crippen MR) is 127 cm³/mol. The highest BCUT2D eigenvalue weighted by Crippen LogP contribution is 2.37. The molecule has 0 spiro atoms. The second kappa shape index (κ2) is 9.70. The van der Waals surface area contributed by atoms with Crippen LogP contribution in [0, 0.1) is 0 Å². The SMILES string of the molecule is CCN(CC)S(=O)(=O)c1ccc(C(=O)Nc2sc3c(c2C(=O)N(C)C)CCN(C)C3)cc1. The topological polar surface area (TPSA) is 90.0 Å². The molecule has 174 valence electrons. The first-order valence-electron chi connectivity index (χ1n) is 10.6. The van der Waals surface area contributed by atoms with Gasteiger partial charge in [-0.1, -0.05) is 13.8 Å². The third-order valence-corrected chi connectivity index (χ3v) is 8.75. The molecule has 8 nitrogen and oxygen atoms in total. The summed E-state index contributed by atoms with van der Waals surface area (Å²) in [6.07, 6.45) is 0.755. The minimum Gasteiger partial charge on any atom is -0.345 e. The molecule has 1 aliphatic heterocycles. The van der Waals surface area contributed by atoms with Crippen molar-refractivity contribution in [1.29, 1.82) is 0 Å². The van der Waals surface area contributed by atoms with Crippen LogP contribution in [0.2, 0.25) is 0 Å². The number of nitrogens with zero attached hydrogens (tertiary/aromatic N) is 3. The quantitative estimate of drug-likeness (QED) is 0.661. The molecule has 1 aliphatic rings. The van der Waals surface area contributed by atoms with E-state index in [0.717, 1.165) is 30.0 Å². The van der Waals surface area contributed by atoms with Crippen LogP contribution >= 0.6 is 11.3 Å². The molecule has 10 heteroatoms. The van der Waals surface area contributed by atoms with Crippen molar-refractivity contribution in [3.63, 3.8) is 0 Å². The standard InChI is InChI=1S/C22H30N4O4S2/c1-6-26(7-2)32(29,30)16-10-8-15(9-11-16)20(27)23-21-19(22(28)24(3)4)17-12-13-25(5)14-18(17)31-21/h8-11H,6-7,12-14H2,1-5H3,(H,23,27). The summed E-state index contributed by atoms with van der Waals surface area (Å²) in [7, 11) is 1.83. The van der Waals surface area contributed by atoms with Gasteiger partial charge in [-0.3, -0.25) is 9.59 Å². The molecule has 2 amide bonds. The summed E-state index contributed by atoms with van der Waals surface area (Å²) in [6, 6.07) is 5.90. The zero-order valence-corrected chi connectivity index (χ0v) is 20.8. The summed E-state index contributed by atoms with van der Waals surface area (Å²) in [5.74, 6) is -0.514. The number of amides is 2. The van der Waals surface area contributed by atoms with Crippen molar-refractivity contribution in [2.75, 3.05) is 46.1 Å². The van der Waals surface area contributed by atoms with Crippen molar-refractivity contribution in [1.82, 2.24) is 14.1 Å². The van der Waals surface area contributed by atoms with Crippen LogP contribution in [0.1, 0.15) is 45.0 Å². The molecule has 0 atom stereocenters. The lowest BCUT2D eigenvalue weighted by molar-refractivity contribution is 0.0827. The Morgan fingerprint density at radius 3 is 2.31 bits per heavy atom. The second-order valence-corrected chi connectivity index (χ2v) is 11.0. The maximum atomic E-state index is 12.9. The van der Waals surface area contributed by atoms with Gasteiger partial charge in [0.1, 0.15) is 5.00 Å². The summed E-state index contributed by atoms with van der Waals surface area (Å²) in [6.45, 7) is 5.92. The molecule has 2 heterocycles. The number of hydrogen-bond acceptors (Lipinski definition) is 6. The van der Waals surface area contributed by atoms with Crippen LogP contribution < -0.4 is 5.32 Å². The van der Waals surface area contributed by atoms with Gasteiger partial charge in [0.2, 0.25) is 10.0 Å². The number of benzene rings is 1. The van der Waals surface area contributed by atoms with E-state index in [-0.39, 0.29) is 16.7 Å². The van der Waals surface area contributed by atoms with Gasteiger partial charge in [-0.15, -0.1) is 11.3 Å². The van der Waals surface area contributed by atoms with Crippen molar-refractivity contribution in [3.05, 3.63) is 45.8 Å². The molecule has 0 fully saturated rings. The average Bonchev–Trinajstić information content (AvgIpc) is 3.10. The lowest BCUT2D eigenvalue weighted by Gasteiger charge is -2.23. The Bertz CT molecular complexity index is 1100. The molecule has 0 saturated heterocycles. The minimum absolute atomic E-state index is 0.136. The van der Waals surface area contributed by atoms with Gasteiger partial charge in [0.05, 0.1) is 10.5 Å². The number of sulfonamides is 1.